The molecule has 1 aromatic rings. The molecule has 8 heteroatoms. The summed E-state index contributed by atoms with van der Waals surface area (Å²) in [5.41, 5.74) is -5.91. The second-order valence-electron chi connectivity index (χ2n) is 4.98. The molecule has 21 heavy (non-hydrogen) atoms. The zero-order valence-electron chi connectivity index (χ0n) is 11.5. The number of hydrogen-bond donors (Lipinski definition) is 0. The minimum atomic E-state index is -5.65. The van der Waals surface area contributed by atoms with Gasteiger partial charge >= 0.3 is 130 Å². The van der Waals surface area contributed by atoms with Crippen molar-refractivity contribution >= 4 is 30.4 Å². The Bertz CT molecular complexity index is 637. The summed E-state index contributed by atoms with van der Waals surface area (Å²) >= 11 is -3.29. The van der Waals surface area contributed by atoms with E-state index in [2.05, 4.69) is 12.4 Å². The molecule has 0 aliphatic rings. The average molecular weight is 434 g/mol. The Labute approximate surface area is 129 Å². The van der Waals surface area contributed by atoms with Crippen molar-refractivity contribution in [3.8, 4) is 9.85 Å². The summed E-state index contributed by atoms with van der Waals surface area (Å²) in [5, 5.41) is 0. The van der Waals surface area contributed by atoms with Crippen molar-refractivity contribution in [2.45, 2.75) is 26.3 Å². The van der Waals surface area contributed by atoms with Gasteiger partial charge in [0.2, 0.25) is 0 Å². The second kappa shape index (κ2) is 6.54. The van der Waals surface area contributed by atoms with Gasteiger partial charge in [0.25, 0.3) is 0 Å². The van der Waals surface area contributed by atoms with Crippen molar-refractivity contribution in [1.29, 1.82) is 0 Å². The van der Waals surface area contributed by atoms with E-state index in [-0.39, 0.29) is 0 Å². The van der Waals surface area contributed by atoms with E-state index >= 15 is 0 Å². The fourth-order valence-electron chi connectivity index (χ4n) is 0.939. The fourth-order valence-corrected chi connectivity index (χ4v) is 6.64. The van der Waals surface area contributed by atoms with Crippen LogP contribution >= 0.6 is 20.2 Å². The zero-order chi connectivity index (χ0) is 16.3. The standard InChI is InChI=1S/C13H14F3IO3S/c1-12(2,3)9-10-17(11-7-5-4-6-8-11)20-21(18,19)13(14,15)16/h4-8H,1-3H3. The van der Waals surface area contributed by atoms with E-state index < -0.39 is 41.3 Å². The van der Waals surface area contributed by atoms with E-state index in [9.17, 15) is 21.6 Å². The molecule has 0 amide bonds. The number of halogens is 4. The summed E-state index contributed by atoms with van der Waals surface area (Å²) in [7, 11) is -5.65. The first kappa shape index (κ1) is 18.3. The van der Waals surface area contributed by atoms with E-state index in [1.807, 2.05) is 0 Å². The third-order valence-corrected chi connectivity index (χ3v) is 7.84. The van der Waals surface area contributed by atoms with Crippen molar-refractivity contribution in [2.24, 2.45) is 5.41 Å². The first-order chi connectivity index (χ1) is 9.42. The molecule has 0 radical (unpaired) electrons. The topological polar surface area (TPSA) is 43.4 Å². The number of alkyl halides is 3. The predicted molar refractivity (Wildman–Crippen MR) is 82.4 cm³/mol. The van der Waals surface area contributed by atoms with Crippen LogP contribution in [-0.4, -0.2) is 13.9 Å². The molecule has 0 spiro atoms. The van der Waals surface area contributed by atoms with Crippen LogP contribution in [0.25, 0.3) is 0 Å². The van der Waals surface area contributed by atoms with Gasteiger partial charge in [0.15, 0.2) is 0 Å². The summed E-state index contributed by atoms with van der Waals surface area (Å²) in [6.07, 6.45) is 0. The molecule has 0 N–H and O–H groups in total. The van der Waals surface area contributed by atoms with Crippen LogP contribution in [0.1, 0.15) is 20.8 Å². The van der Waals surface area contributed by atoms with Gasteiger partial charge in [-0.15, -0.1) is 0 Å². The summed E-state index contributed by atoms with van der Waals surface area (Å²) in [4.78, 5) is 0. The van der Waals surface area contributed by atoms with E-state index in [0.717, 1.165) is 0 Å². The van der Waals surface area contributed by atoms with Gasteiger partial charge in [0.05, 0.1) is 0 Å². The molecular weight excluding hydrogens is 420 g/mol. The Hall–Kier alpha value is -0.790. The van der Waals surface area contributed by atoms with E-state index in [0.29, 0.717) is 3.57 Å². The number of benzene rings is 1. The van der Waals surface area contributed by atoms with Gasteiger partial charge in [0.1, 0.15) is 0 Å². The normalized spacial score (nSPS) is 13.3. The van der Waals surface area contributed by atoms with Crippen molar-refractivity contribution in [3.05, 3.63) is 33.9 Å². The maximum atomic E-state index is 12.4. The first-order valence-electron chi connectivity index (χ1n) is 5.71. The summed E-state index contributed by atoms with van der Waals surface area (Å²) in [5.74, 6) is 2.76. The van der Waals surface area contributed by atoms with E-state index in [4.69, 9.17) is 0 Å². The predicted octanol–water partition coefficient (Wildman–Crippen LogP) is 4.15. The van der Waals surface area contributed by atoms with Gasteiger partial charge in [-0.25, -0.2) is 0 Å². The first-order valence-corrected chi connectivity index (χ1v) is 10.2. The fraction of sp³-hybridized carbons (Fsp3) is 0.385. The van der Waals surface area contributed by atoms with Crippen LogP contribution in [0.3, 0.4) is 0 Å². The minimum absolute atomic E-state index is 0.395. The number of hydrogen-bond acceptors (Lipinski definition) is 3. The molecule has 0 aromatic heterocycles. The third-order valence-electron chi connectivity index (χ3n) is 1.87. The Morgan fingerprint density at radius 3 is 2.05 bits per heavy atom. The Balaban J connectivity index is 3.19. The molecule has 3 nitrogen and oxygen atoms in total. The van der Waals surface area contributed by atoms with Gasteiger partial charge in [-0.3, -0.25) is 0 Å². The molecule has 0 atom stereocenters. The van der Waals surface area contributed by atoms with Crippen LogP contribution < -0.4 is 0 Å². The molecule has 0 bridgehead atoms. The van der Waals surface area contributed by atoms with E-state index in [1.54, 1.807) is 39.0 Å². The van der Waals surface area contributed by atoms with E-state index in [1.165, 1.54) is 12.1 Å². The van der Waals surface area contributed by atoms with Gasteiger partial charge < -0.3 is 0 Å². The monoisotopic (exact) mass is 434 g/mol. The Morgan fingerprint density at radius 1 is 1.10 bits per heavy atom. The van der Waals surface area contributed by atoms with Crippen LogP contribution in [0.15, 0.2) is 30.3 Å². The van der Waals surface area contributed by atoms with Gasteiger partial charge in [-0.05, 0) is 0 Å². The van der Waals surface area contributed by atoms with Gasteiger partial charge in [-0.1, -0.05) is 0 Å². The third kappa shape index (κ3) is 5.84. The van der Waals surface area contributed by atoms with Crippen LogP contribution in [0.5, 0.6) is 0 Å². The van der Waals surface area contributed by atoms with Crippen LogP contribution in [-0.2, 0) is 12.6 Å². The summed E-state index contributed by atoms with van der Waals surface area (Å²) in [6.45, 7) is 5.33. The van der Waals surface area contributed by atoms with Crippen molar-refractivity contribution < 1.29 is 24.1 Å². The molecule has 0 fully saturated rings. The SMILES string of the molecule is CC(C)(C)C#CI(OS(=O)(=O)C(F)(F)F)c1ccccc1. The molecule has 0 unspecified atom stereocenters. The maximum absolute atomic E-state index is 12.4. The average Bonchev–Trinajstić information content (AvgIpc) is 2.33. The molecule has 0 aliphatic heterocycles. The Morgan fingerprint density at radius 2 is 1.62 bits per heavy atom. The molecule has 1 rings (SSSR count). The number of rotatable bonds is 3. The molecule has 0 saturated carbocycles. The molecule has 0 saturated heterocycles. The van der Waals surface area contributed by atoms with Crippen molar-refractivity contribution in [1.82, 2.24) is 0 Å². The second-order valence-corrected chi connectivity index (χ2v) is 10.8. The van der Waals surface area contributed by atoms with Gasteiger partial charge in [0, 0.05) is 0 Å². The summed E-state index contributed by atoms with van der Waals surface area (Å²) < 4.78 is 67.1. The molecule has 1 aromatic carbocycles. The van der Waals surface area contributed by atoms with Gasteiger partial charge in [-0.2, -0.15) is 0 Å². The van der Waals surface area contributed by atoms with Crippen LogP contribution in [0.4, 0.5) is 13.2 Å². The van der Waals surface area contributed by atoms with Crippen molar-refractivity contribution in [3.63, 3.8) is 0 Å². The van der Waals surface area contributed by atoms with Crippen LogP contribution in [0, 0.1) is 18.8 Å². The van der Waals surface area contributed by atoms with Crippen molar-refractivity contribution in [2.75, 3.05) is 0 Å². The quantitative estimate of drug-likeness (QED) is 0.408. The zero-order valence-corrected chi connectivity index (χ0v) is 14.5. The molecule has 0 aliphatic carbocycles. The van der Waals surface area contributed by atoms with Crippen LogP contribution in [0.2, 0.25) is 0 Å². The summed E-state index contributed by atoms with van der Waals surface area (Å²) in [6, 6.07) is 7.92. The molecule has 118 valence electrons. The molecule has 0 heterocycles. The Kier molecular flexibility index (Phi) is 5.69. The molecular formula is C13H14F3IO3S.